The number of aliphatic carboxylic acids is 1. The van der Waals surface area contributed by atoms with Gasteiger partial charge in [0, 0.05) is 5.56 Å². The first-order valence-corrected chi connectivity index (χ1v) is 6.17. The molecule has 1 aliphatic heterocycles. The molecule has 1 fully saturated rings. The van der Waals surface area contributed by atoms with Gasteiger partial charge in [0.2, 0.25) is 0 Å². The second-order valence-corrected chi connectivity index (χ2v) is 4.53. The summed E-state index contributed by atoms with van der Waals surface area (Å²) in [6.45, 7) is 0.595. The van der Waals surface area contributed by atoms with Crippen LogP contribution in [0, 0.1) is 5.92 Å². The fourth-order valence-corrected chi connectivity index (χ4v) is 1.78. The molecule has 112 valence electrons. The highest BCUT2D eigenvalue weighted by atomic mass is 16.7. The number of rotatable bonds is 2. The van der Waals surface area contributed by atoms with Gasteiger partial charge >= 0.3 is 11.9 Å². The molecule has 1 aliphatic rings. The van der Waals surface area contributed by atoms with Crippen molar-refractivity contribution in [3.8, 4) is 0 Å². The zero-order valence-electron chi connectivity index (χ0n) is 10.8. The lowest BCUT2D eigenvalue weighted by Crippen LogP contribution is -2.40. The van der Waals surface area contributed by atoms with Crippen LogP contribution >= 0.6 is 0 Å². The van der Waals surface area contributed by atoms with Gasteiger partial charge in [-0.2, -0.15) is 0 Å². The highest BCUT2D eigenvalue weighted by Crippen LogP contribution is 2.14. The molecule has 7 heteroatoms. The van der Waals surface area contributed by atoms with Crippen molar-refractivity contribution < 1.29 is 30.3 Å². The van der Waals surface area contributed by atoms with Crippen LogP contribution in [-0.2, 0) is 10.8 Å². The minimum Gasteiger partial charge on any atom is -0.481 e. The van der Waals surface area contributed by atoms with Crippen molar-refractivity contribution in [2.75, 3.05) is 6.54 Å². The standard InChI is InChI=1S/C7H8O3.C6H11NO3/c8-7(9,10)6-4-2-1-3-5-6;8-5-3-4(6(9)10)1-2-7-5/h1-5,8-10H;4-5,7-8H,1-3H2,(H,9,10). The SMILES string of the molecule is O=C(O)C1CCNC(O)C1.OC(O)(O)c1ccccc1. The van der Waals surface area contributed by atoms with Crippen molar-refractivity contribution >= 4 is 5.97 Å². The average Bonchev–Trinajstić information content (AvgIpc) is 2.39. The Kier molecular flexibility index (Phi) is 6.05. The Morgan fingerprint density at radius 1 is 1.20 bits per heavy atom. The van der Waals surface area contributed by atoms with Crippen LogP contribution in [0.2, 0.25) is 0 Å². The van der Waals surface area contributed by atoms with Crippen LogP contribution in [0.5, 0.6) is 0 Å². The van der Waals surface area contributed by atoms with E-state index in [4.69, 9.17) is 25.5 Å². The zero-order chi connectivity index (χ0) is 15.2. The normalized spacial score (nSPS) is 22.6. The van der Waals surface area contributed by atoms with Gasteiger partial charge < -0.3 is 25.5 Å². The fraction of sp³-hybridized carbons (Fsp3) is 0.462. The van der Waals surface area contributed by atoms with E-state index in [1.54, 1.807) is 18.2 Å². The highest BCUT2D eigenvalue weighted by molar-refractivity contribution is 5.70. The molecule has 2 unspecified atom stereocenters. The Labute approximate surface area is 116 Å². The molecule has 0 spiro atoms. The van der Waals surface area contributed by atoms with Crippen molar-refractivity contribution in [2.24, 2.45) is 5.92 Å². The Hall–Kier alpha value is -1.51. The quantitative estimate of drug-likeness (QED) is 0.391. The van der Waals surface area contributed by atoms with Crippen molar-refractivity contribution in [1.82, 2.24) is 5.32 Å². The first kappa shape index (κ1) is 16.5. The van der Waals surface area contributed by atoms with Crippen LogP contribution in [0.15, 0.2) is 30.3 Å². The average molecular weight is 285 g/mol. The molecule has 0 aromatic heterocycles. The van der Waals surface area contributed by atoms with E-state index >= 15 is 0 Å². The zero-order valence-corrected chi connectivity index (χ0v) is 10.8. The predicted molar refractivity (Wildman–Crippen MR) is 69.1 cm³/mol. The minimum absolute atomic E-state index is 0.0648. The summed E-state index contributed by atoms with van der Waals surface area (Å²) in [6.07, 6.45) is 0.316. The molecule has 2 rings (SSSR count). The van der Waals surface area contributed by atoms with Crippen LogP contribution in [-0.4, -0.2) is 44.3 Å². The molecule has 2 atom stereocenters. The summed E-state index contributed by atoms with van der Waals surface area (Å²) < 4.78 is 0. The predicted octanol–water partition coefficient (Wildman–Crippen LogP) is -0.837. The second kappa shape index (κ2) is 7.32. The van der Waals surface area contributed by atoms with E-state index in [-0.39, 0.29) is 11.5 Å². The van der Waals surface area contributed by atoms with E-state index in [2.05, 4.69) is 5.32 Å². The first-order chi connectivity index (χ1) is 9.30. The number of carbonyl (C=O) groups is 1. The number of nitrogens with one attached hydrogen (secondary N) is 1. The number of hydrogen-bond acceptors (Lipinski definition) is 6. The molecule has 1 saturated heterocycles. The van der Waals surface area contributed by atoms with Crippen LogP contribution < -0.4 is 5.32 Å². The van der Waals surface area contributed by atoms with Crippen molar-refractivity contribution in [2.45, 2.75) is 25.0 Å². The van der Waals surface area contributed by atoms with Crippen molar-refractivity contribution in [1.29, 1.82) is 0 Å². The Morgan fingerprint density at radius 3 is 2.15 bits per heavy atom. The Balaban J connectivity index is 0.000000200. The van der Waals surface area contributed by atoms with E-state index in [9.17, 15) is 4.79 Å². The summed E-state index contributed by atoms with van der Waals surface area (Å²) in [6, 6.07) is 7.76. The van der Waals surface area contributed by atoms with E-state index in [1.807, 2.05) is 0 Å². The highest BCUT2D eigenvalue weighted by Gasteiger charge is 2.24. The fourth-order valence-electron chi connectivity index (χ4n) is 1.78. The summed E-state index contributed by atoms with van der Waals surface area (Å²) in [7, 11) is 0. The first-order valence-electron chi connectivity index (χ1n) is 6.17. The molecule has 1 aromatic carbocycles. The molecule has 1 aromatic rings. The van der Waals surface area contributed by atoms with Gasteiger partial charge in [-0.3, -0.25) is 10.1 Å². The van der Waals surface area contributed by atoms with Crippen LogP contribution in [0.4, 0.5) is 0 Å². The summed E-state index contributed by atoms with van der Waals surface area (Å²) in [5.74, 6) is -3.88. The summed E-state index contributed by atoms with van der Waals surface area (Å²) in [5, 5.41) is 46.0. The van der Waals surface area contributed by atoms with Gasteiger partial charge in [-0.1, -0.05) is 30.3 Å². The van der Waals surface area contributed by atoms with E-state index in [0.717, 1.165) is 0 Å². The van der Waals surface area contributed by atoms with Crippen molar-refractivity contribution in [3.05, 3.63) is 35.9 Å². The maximum absolute atomic E-state index is 10.4. The third-order valence-corrected chi connectivity index (χ3v) is 2.89. The molecular weight excluding hydrogens is 266 g/mol. The lowest BCUT2D eigenvalue weighted by molar-refractivity contribution is -0.323. The monoisotopic (exact) mass is 285 g/mol. The van der Waals surface area contributed by atoms with Gasteiger partial charge in [0.05, 0.1) is 5.92 Å². The topological polar surface area (TPSA) is 130 Å². The molecule has 0 aliphatic carbocycles. The number of carboxylic acid groups (broad SMARTS) is 1. The van der Waals surface area contributed by atoms with Gasteiger partial charge in [0.25, 0.3) is 0 Å². The summed E-state index contributed by atoms with van der Waals surface area (Å²) in [4.78, 5) is 10.4. The maximum atomic E-state index is 10.4. The smallest absolute Gasteiger partial charge is 0.306 e. The van der Waals surface area contributed by atoms with Crippen molar-refractivity contribution in [3.63, 3.8) is 0 Å². The Bertz CT molecular complexity index is 417. The van der Waals surface area contributed by atoms with Gasteiger partial charge in [0.1, 0.15) is 6.23 Å². The third-order valence-electron chi connectivity index (χ3n) is 2.89. The molecular formula is C13H19NO6. The second-order valence-electron chi connectivity index (χ2n) is 4.53. The molecule has 6 N–H and O–H groups in total. The summed E-state index contributed by atoms with van der Waals surface area (Å²) in [5.41, 5.74) is 0.0648. The number of benzene rings is 1. The van der Waals surface area contributed by atoms with E-state index < -0.39 is 18.2 Å². The number of aliphatic hydroxyl groups is 4. The molecule has 0 saturated carbocycles. The summed E-state index contributed by atoms with van der Waals surface area (Å²) >= 11 is 0. The molecule has 1 heterocycles. The molecule has 7 nitrogen and oxygen atoms in total. The number of piperidine rings is 1. The van der Waals surface area contributed by atoms with E-state index in [0.29, 0.717) is 19.4 Å². The number of carboxylic acids is 1. The lowest BCUT2D eigenvalue weighted by atomic mass is 9.97. The van der Waals surface area contributed by atoms with Gasteiger partial charge in [0.15, 0.2) is 0 Å². The molecule has 0 radical (unpaired) electrons. The van der Waals surface area contributed by atoms with Gasteiger partial charge in [-0.15, -0.1) is 0 Å². The number of hydrogen-bond donors (Lipinski definition) is 6. The Morgan fingerprint density at radius 2 is 1.80 bits per heavy atom. The largest absolute Gasteiger partial charge is 0.481 e. The van der Waals surface area contributed by atoms with Crippen LogP contribution in [0.3, 0.4) is 0 Å². The third kappa shape index (κ3) is 5.64. The lowest BCUT2D eigenvalue weighted by Gasteiger charge is -2.23. The molecule has 20 heavy (non-hydrogen) atoms. The van der Waals surface area contributed by atoms with Gasteiger partial charge in [-0.25, -0.2) is 0 Å². The van der Waals surface area contributed by atoms with Crippen LogP contribution in [0.1, 0.15) is 18.4 Å². The molecule has 0 bridgehead atoms. The maximum Gasteiger partial charge on any atom is 0.306 e. The molecule has 0 amide bonds. The number of aliphatic hydroxyl groups excluding tert-OH is 1. The van der Waals surface area contributed by atoms with E-state index in [1.165, 1.54) is 12.1 Å². The van der Waals surface area contributed by atoms with Gasteiger partial charge in [-0.05, 0) is 19.4 Å². The van der Waals surface area contributed by atoms with Crippen LogP contribution in [0.25, 0.3) is 0 Å². The minimum atomic E-state index is -2.71.